The number of hydrogen-bond acceptors (Lipinski definition) is 9. The number of anilines is 4. The number of morpholine rings is 1. The van der Waals surface area contributed by atoms with Crippen molar-refractivity contribution in [2.75, 3.05) is 54.9 Å². The number of imidazole rings is 1. The summed E-state index contributed by atoms with van der Waals surface area (Å²) >= 11 is 0. The number of benzene rings is 1. The Kier molecular flexibility index (Phi) is 6.99. The fraction of sp³-hybridized carbons (Fsp3) is 0.370. The quantitative estimate of drug-likeness (QED) is 0.349. The maximum Gasteiger partial charge on any atom is 0.227 e. The summed E-state index contributed by atoms with van der Waals surface area (Å²) in [5, 5.41) is 6.77. The predicted molar refractivity (Wildman–Crippen MR) is 145 cm³/mol. The zero-order chi connectivity index (χ0) is 25.7. The van der Waals surface area contributed by atoms with Gasteiger partial charge < -0.3 is 29.7 Å². The van der Waals surface area contributed by atoms with Crippen LogP contribution in [0.2, 0.25) is 0 Å². The third kappa shape index (κ3) is 5.37. The molecule has 0 unspecified atom stereocenters. The highest BCUT2D eigenvalue weighted by Crippen LogP contribution is 2.26. The first kappa shape index (κ1) is 24.1. The van der Waals surface area contributed by atoms with Crippen LogP contribution in [0.15, 0.2) is 55.1 Å². The van der Waals surface area contributed by atoms with Crippen molar-refractivity contribution in [1.29, 1.82) is 0 Å². The van der Waals surface area contributed by atoms with Gasteiger partial charge in [0.2, 0.25) is 11.9 Å². The van der Waals surface area contributed by atoms with Gasteiger partial charge in [-0.1, -0.05) is 6.07 Å². The summed E-state index contributed by atoms with van der Waals surface area (Å²) in [5.74, 6) is 1.33. The largest absolute Gasteiger partial charge is 0.378 e. The molecule has 1 amide bonds. The van der Waals surface area contributed by atoms with Crippen LogP contribution in [0.5, 0.6) is 0 Å². The average Bonchev–Trinajstić information content (AvgIpc) is 3.57. The van der Waals surface area contributed by atoms with Gasteiger partial charge in [0.1, 0.15) is 0 Å². The highest BCUT2D eigenvalue weighted by Gasteiger charge is 2.21. The first-order chi connectivity index (χ1) is 18.7. The molecule has 196 valence electrons. The molecule has 5 heterocycles. The lowest BCUT2D eigenvalue weighted by molar-refractivity contribution is -0.127. The van der Waals surface area contributed by atoms with Gasteiger partial charge in [-0.3, -0.25) is 9.78 Å². The molecule has 1 aromatic carbocycles. The average molecular weight is 514 g/mol. The molecule has 0 aliphatic carbocycles. The standard InChI is InChI=1S/C27H31N9O2/c37-23-4-2-10-35(23)11-12-36-19-30-24-25(31-21-5-7-22(8-6-21)34-13-15-38-16-14-34)32-27(33-26(24)36)29-18-20-3-1-9-28-17-20/h1,3,5-9,17,19H,2,4,10-16,18H2,(H2,29,31,32,33). The van der Waals surface area contributed by atoms with Gasteiger partial charge in [0.05, 0.1) is 19.5 Å². The molecule has 2 aliphatic heterocycles. The Hall–Kier alpha value is -4.25. The molecule has 2 N–H and O–H groups in total. The van der Waals surface area contributed by atoms with Gasteiger partial charge in [0.15, 0.2) is 17.0 Å². The summed E-state index contributed by atoms with van der Waals surface area (Å²) in [5.41, 5.74) is 4.52. The second kappa shape index (κ2) is 11.0. The number of rotatable bonds is 9. The molecule has 11 nitrogen and oxygen atoms in total. The van der Waals surface area contributed by atoms with Crippen molar-refractivity contribution >= 4 is 40.2 Å². The molecule has 0 bridgehead atoms. The van der Waals surface area contributed by atoms with Crippen LogP contribution in [0.4, 0.5) is 23.1 Å². The summed E-state index contributed by atoms with van der Waals surface area (Å²) < 4.78 is 7.46. The van der Waals surface area contributed by atoms with E-state index in [-0.39, 0.29) is 5.91 Å². The molecule has 0 atom stereocenters. The van der Waals surface area contributed by atoms with Crippen molar-refractivity contribution in [3.63, 3.8) is 0 Å². The number of ether oxygens (including phenoxy) is 1. The summed E-state index contributed by atoms with van der Waals surface area (Å²) in [6, 6.07) is 12.2. The number of amides is 1. The molecule has 2 fully saturated rings. The van der Waals surface area contributed by atoms with E-state index in [1.54, 1.807) is 12.5 Å². The first-order valence-electron chi connectivity index (χ1n) is 13.1. The van der Waals surface area contributed by atoms with Crippen LogP contribution >= 0.6 is 0 Å². The van der Waals surface area contributed by atoms with E-state index in [0.717, 1.165) is 50.5 Å². The van der Waals surface area contributed by atoms with Crippen molar-refractivity contribution < 1.29 is 9.53 Å². The normalized spacial score (nSPS) is 15.8. The minimum absolute atomic E-state index is 0.214. The molecule has 38 heavy (non-hydrogen) atoms. The predicted octanol–water partition coefficient (Wildman–Crippen LogP) is 3.04. The monoisotopic (exact) mass is 513 g/mol. The Labute approximate surface area is 220 Å². The lowest BCUT2D eigenvalue weighted by atomic mass is 10.2. The Morgan fingerprint density at radius 3 is 2.63 bits per heavy atom. The van der Waals surface area contributed by atoms with Crippen LogP contribution in [0.3, 0.4) is 0 Å². The van der Waals surface area contributed by atoms with Crippen LogP contribution in [0.25, 0.3) is 11.2 Å². The zero-order valence-electron chi connectivity index (χ0n) is 21.2. The van der Waals surface area contributed by atoms with Gasteiger partial charge in [0.25, 0.3) is 0 Å². The van der Waals surface area contributed by atoms with Crippen molar-refractivity contribution in [3.8, 4) is 0 Å². The molecule has 11 heteroatoms. The zero-order valence-corrected chi connectivity index (χ0v) is 21.2. The van der Waals surface area contributed by atoms with Gasteiger partial charge in [-0.05, 0) is 42.3 Å². The van der Waals surface area contributed by atoms with E-state index in [0.29, 0.717) is 49.0 Å². The van der Waals surface area contributed by atoms with E-state index in [1.807, 2.05) is 27.8 Å². The van der Waals surface area contributed by atoms with Crippen molar-refractivity contribution in [2.24, 2.45) is 0 Å². The third-order valence-corrected chi connectivity index (χ3v) is 6.93. The van der Waals surface area contributed by atoms with Crippen LogP contribution in [0.1, 0.15) is 18.4 Å². The number of nitrogens with one attached hydrogen (secondary N) is 2. The Bertz CT molecular complexity index is 1390. The lowest BCUT2D eigenvalue weighted by Gasteiger charge is -2.28. The molecule has 2 saturated heterocycles. The van der Waals surface area contributed by atoms with Gasteiger partial charge in [-0.25, -0.2) is 4.98 Å². The van der Waals surface area contributed by atoms with Crippen molar-refractivity contribution in [3.05, 3.63) is 60.7 Å². The molecule has 0 radical (unpaired) electrons. The van der Waals surface area contributed by atoms with Crippen LogP contribution in [0, 0.1) is 0 Å². The van der Waals surface area contributed by atoms with Crippen molar-refractivity contribution in [1.82, 2.24) is 29.4 Å². The van der Waals surface area contributed by atoms with Gasteiger partial charge in [-0.2, -0.15) is 9.97 Å². The first-order valence-corrected chi connectivity index (χ1v) is 13.1. The minimum Gasteiger partial charge on any atom is -0.378 e. The maximum atomic E-state index is 12.1. The van der Waals surface area contributed by atoms with Crippen LogP contribution in [-0.4, -0.2) is 74.7 Å². The molecule has 4 aromatic rings. The minimum atomic E-state index is 0.214. The van der Waals surface area contributed by atoms with E-state index in [2.05, 4.69) is 49.8 Å². The van der Waals surface area contributed by atoms with Gasteiger partial charge in [-0.15, -0.1) is 0 Å². The van der Waals surface area contributed by atoms with Crippen LogP contribution < -0.4 is 15.5 Å². The number of hydrogen-bond donors (Lipinski definition) is 2. The number of carbonyl (C=O) groups is 1. The van der Waals surface area contributed by atoms with Gasteiger partial charge in [0, 0.05) is 69.5 Å². The maximum absolute atomic E-state index is 12.1. The van der Waals surface area contributed by atoms with E-state index in [1.165, 1.54) is 5.69 Å². The highest BCUT2D eigenvalue weighted by molar-refractivity contribution is 5.86. The number of likely N-dealkylation sites (tertiary alicyclic amines) is 1. The lowest BCUT2D eigenvalue weighted by Crippen LogP contribution is -2.36. The van der Waals surface area contributed by atoms with E-state index < -0.39 is 0 Å². The molecular weight excluding hydrogens is 482 g/mol. The molecule has 0 saturated carbocycles. The summed E-state index contributed by atoms with van der Waals surface area (Å²) in [4.78, 5) is 34.7. The highest BCUT2D eigenvalue weighted by atomic mass is 16.5. The number of carbonyl (C=O) groups excluding carboxylic acids is 1. The van der Waals surface area contributed by atoms with Crippen LogP contribution in [-0.2, 0) is 22.6 Å². The molecule has 0 spiro atoms. The number of pyridine rings is 1. The summed E-state index contributed by atoms with van der Waals surface area (Å²) in [6.45, 7) is 5.91. The Morgan fingerprint density at radius 2 is 1.87 bits per heavy atom. The SMILES string of the molecule is O=C1CCCN1CCn1cnc2c(Nc3ccc(N4CCOCC4)cc3)nc(NCc3cccnc3)nc21. The molecular formula is C27H31N9O2. The number of nitrogens with zero attached hydrogens (tertiary/aromatic N) is 7. The van der Waals surface area contributed by atoms with E-state index in [4.69, 9.17) is 14.7 Å². The van der Waals surface area contributed by atoms with Crippen molar-refractivity contribution in [2.45, 2.75) is 25.9 Å². The Balaban J connectivity index is 1.25. The second-order valence-electron chi connectivity index (χ2n) is 9.48. The fourth-order valence-electron chi connectivity index (χ4n) is 4.84. The Morgan fingerprint density at radius 1 is 1.00 bits per heavy atom. The number of aromatic nitrogens is 5. The van der Waals surface area contributed by atoms with Gasteiger partial charge >= 0.3 is 0 Å². The molecule has 3 aromatic heterocycles. The molecule has 6 rings (SSSR count). The summed E-state index contributed by atoms with van der Waals surface area (Å²) in [7, 11) is 0. The molecule has 2 aliphatic rings. The fourth-order valence-corrected chi connectivity index (χ4v) is 4.84. The topological polar surface area (TPSA) is 113 Å². The smallest absolute Gasteiger partial charge is 0.227 e. The number of fused-ring (bicyclic) bond motifs is 1. The third-order valence-electron chi connectivity index (χ3n) is 6.93. The van der Waals surface area contributed by atoms with E-state index >= 15 is 0 Å². The van der Waals surface area contributed by atoms with E-state index in [9.17, 15) is 4.79 Å². The second-order valence-corrected chi connectivity index (χ2v) is 9.48. The summed E-state index contributed by atoms with van der Waals surface area (Å²) in [6.07, 6.45) is 6.90.